The van der Waals surface area contributed by atoms with Gasteiger partial charge in [-0.1, -0.05) is 0 Å². The molecule has 0 radical (unpaired) electrons. The Morgan fingerprint density at radius 1 is 1.62 bits per heavy atom. The largest absolute Gasteiger partial charge is 0.481 e. The molecule has 0 bridgehead atoms. The Morgan fingerprint density at radius 3 is 2.69 bits per heavy atom. The van der Waals surface area contributed by atoms with Crippen LogP contribution in [-0.2, 0) is 11.2 Å². The van der Waals surface area contributed by atoms with Crippen LogP contribution in [0.4, 0.5) is 11.4 Å². The van der Waals surface area contributed by atoms with Crippen LogP contribution in [-0.4, -0.2) is 16.0 Å². The summed E-state index contributed by atoms with van der Waals surface area (Å²) in [6.07, 6.45) is -0.586. The number of nitrogens with zero attached hydrogens (tertiary/aromatic N) is 2. The van der Waals surface area contributed by atoms with Crippen molar-refractivity contribution in [3.8, 4) is 6.07 Å². The molecule has 1 aromatic carbocycles. The minimum Gasteiger partial charge on any atom is -0.481 e. The van der Waals surface area contributed by atoms with Crippen LogP contribution in [0.5, 0.6) is 0 Å². The maximum absolute atomic E-state index is 10.7. The minimum atomic E-state index is -1.25. The van der Waals surface area contributed by atoms with Gasteiger partial charge in [0.2, 0.25) is 0 Å². The quantitative estimate of drug-likeness (QED) is 0.438. The van der Waals surface area contributed by atoms with E-state index in [1.165, 1.54) is 12.1 Å². The lowest BCUT2D eigenvalue weighted by atomic mass is 10.0. The lowest BCUT2D eigenvalue weighted by Gasteiger charge is -2.05. The number of nitrogen functional groups attached to an aromatic ring is 1. The van der Waals surface area contributed by atoms with Crippen LogP contribution in [0.1, 0.15) is 11.1 Å². The number of carbonyl (C=O) groups is 1. The fourth-order valence-corrected chi connectivity index (χ4v) is 1.29. The SMILES string of the molecule is N#Cc1ccc(N)c(CC(=O)O)c1[N+](=O)[O-]. The zero-order valence-corrected chi connectivity index (χ0v) is 8.01. The van der Waals surface area contributed by atoms with Gasteiger partial charge in [-0.15, -0.1) is 0 Å². The number of nitrogens with two attached hydrogens (primary N) is 1. The van der Waals surface area contributed by atoms with Crippen molar-refractivity contribution in [1.29, 1.82) is 5.26 Å². The highest BCUT2D eigenvalue weighted by atomic mass is 16.6. The third-order valence-corrected chi connectivity index (χ3v) is 1.95. The second kappa shape index (κ2) is 4.27. The van der Waals surface area contributed by atoms with Gasteiger partial charge in [-0.3, -0.25) is 14.9 Å². The van der Waals surface area contributed by atoms with E-state index in [0.29, 0.717) is 0 Å². The second-order valence-electron chi connectivity index (χ2n) is 2.97. The summed E-state index contributed by atoms with van der Waals surface area (Å²) < 4.78 is 0. The summed E-state index contributed by atoms with van der Waals surface area (Å²) in [6.45, 7) is 0. The molecule has 0 spiro atoms. The highest BCUT2D eigenvalue weighted by Crippen LogP contribution is 2.28. The van der Waals surface area contributed by atoms with Crippen molar-refractivity contribution in [2.45, 2.75) is 6.42 Å². The number of rotatable bonds is 3. The third-order valence-electron chi connectivity index (χ3n) is 1.95. The van der Waals surface area contributed by atoms with Gasteiger partial charge < -0.3 is 10.8 Å². The van der Waals surface area contributed by atoms with E-state index in [9.17, 15) is 14.9 Å². The monoisotopic (exact) mass is 221 g/mol. The van der Waals surface area contributed by atoms with E-state index >= 15 is 0 Å². The summed E-state index contributed by atoms with van der Waals surface area (Å²) in [5, 5.41) is 28.0. The van der Waals surface area contributed by atoms with E-state index < -0.39 is 23.0 Å². The molecule has 0 aromatic heterocycles. The van der Waals surface area contributed by atoms with E-state index in [1.54, 1.807) is 6.07 Å². The first-order chi connectivity index (χ1) is 7.47. The molecule has 0 heterocycles. The van der Waals surface area contributed by atoms with Crippen LogP contribution in [0.3, 0.4) is 0 Å². The molecule has 0 aliphatic carbocycles. The average Bonchev–Trinajstić information content (AvgIpc) is 2.19. The van der Waals surface area contributed by atoms with Crippen LogP contribution in [0.25, 0.3) is 0 Å². The van der Waals surface area contributed by atoms with Crippen LogP contribution in [0, 0.1) is 21.4 Å². The molecule has 0 aliphatic heterocycles. The summed E-state index contributed by atoms with van der Waals surface area (Å²) in [7, 11) is 0. The van der Waals surface area contributed by atoms with Gasteiger partial charge in [-0.25, -0.2) is 0 Å². The number of nitriles is 1. The van der Waals surface area contributed by atoms with Gasteiger partial charge in [0.15, 0.2) is 0 Å². The van der Waals surface area contributed by atoms with Crippen molar-refractivity contribution >= 4 is 17.3 Å². The maximum atomic E-state index is 10.7. The number of aliphatic carboxylic acids is 1. The van der Waals surface area contributed by atoms with Gasteiger partial charge in [0, 0.05) is 5.69 Å². The number of hydrogen-bond donors (Lipinski definition) is 2. The van der Waals surface area contributed by atoms with Crippen LogP contribution < -0.4 is 5.73 Å². The highest BCUT2D eigenvalue weighted by molar-refractivity contribution is 5.77. The topological polar surface area (TPSA) is 130 Å². The summed E-state index contributed by atoms with van der Waals surface area (Å²) >= 11 is 0. The van der Waals surface area contributed by atoms with Gasteiger partial charge in [0.25, 0.3) is 5.69 Å². The van der Waals surface area contributed by atoms with Gasteiger partial charge in [-0.2, -0.15) is 5.26 Å². The Hall–Kier alpha value is -2.62. The van der Waals surface area contributed by atoms with Crippen LogP contribution >= 0.6 is 0 Å². The van der Waals surface area contributed by atoms with E-state index in [4.69, 9.17) is 16.1 Å². The maximum Gasteiger partial charge on any atom is 0.308 e. The number of carboxylic acids is 1. The third kappa shape index (κ3) is 2.06. The standard InChI is InChI=1S/C9H7N3O4/c10-4-5-1-2-7(11)6(3-8(13)14)9(5)12(15)16/h1-2H,3,11H2,(H,13,14). The number of benzene rings is 1. The van der Waals surface area contributed by atoms with E-state index in [-0.39, 0.29) is 16.8 Å². The van der Waals surface area contributed by atoms with Crippen LogP contribution in [0.15, 0.2) is 12.1 Å². The highest BCUT2D eigenvalue weighted by Gasteiger charge is 2.23. The molecule has 1 rings (SSSR count). The fraction of sp³-hybridized carbons (Fsp3) is 0.111. The Labute approximate surface area is 89.9 Å². The summed E-state index contributed by atoms with van der Waals surface area (Å²) in [5.74, 6) is -1.25. The molecule has 3 N–H and O–H groups in total. The number of hydrogen-bond acceptors (Lipinski definition) is 5. The van der Waals surface area contributed by atoms with E-state index in [0.717, 1.165) is 0 Å². The molecule has 82 valence electrons. The minimum absolute atomic E-state index is 0.00639. The number of nitro benzene ring substituents is 1. The molecule has 0 saturated heterocycles. The van der Waals surface area contributed by atoms with Crippen molar-refractivity contribution < 1.29 is 14.8 Å². The molecule has 0 unspecified atom stereocenters. The fourth-order valence-electron chi connectivity index (χ4n) is 1.29. The van der Waals surface area contributed by atoms with Gasteiger partial charge in [0.1, 0.15) is 11.6 Å². The van der Waals surface area contributed by atoms with Crippen molar-refractivity contribution in [1.82, 2.24) is 0 Å². The molecule has 7 nitrogen and oxygen atoms in total. The Kier molecular flexibility index (Phi) is 3.06. The summed E-state index contributed by atoms with van der Waals surface area (Å²) in [6, 6.07) is 4.10. The summed E-state index contributed by atoms with van der Waals surface area (Å²) in [4.78, 5) is 20.5. The molecule has 0 atom stereocenters. The van der Waals surface area contributed by atoms with E-state index in [1.807, 2.05) is 0 Å². The molecular formula is C9H7N3O4. The molecule has 0 aliphatic rings. The smallest absolute Gasteiger partial charge is 0.308 e. The van der Waals surface area contributed by atoms with Crippen molar-refractivity contribution in [2.75, 3.05) is 5.73 Å². The van der Waals surface area contributed by atoms with Crippen molar-refractivity contribution in [2.24, 2.45) is 0 Å². The van der Waals surface area contributed by atoms with E-state index in [2.05, 4.69) is 0 Å². The molecule has 1 aromatic rings. The first kappa shape index (κ1) is 11.5. The van der Waals surface area contributed by atoms with Gasteiger partial charge in [-0.05, 0) is 12.1 Å². The van der Waals surface area contributed by atoms with Crippen molar-refractivity contribution in [3.05, 3.63) is 33.4 Å². The molecular weight excluding hydrogens is 214 g/mol. The Morgan fingerprint density at radius 2 is 2.25 bits per heavy atom. The van der Waals surface area contributed by atoms with Gasteiger partial charge in [0.05, 0.1) is 16.9 Å². The van der Waals surface area contributed by atoms with Crippen molar-refractivity contribution in [3.63, 3.8) is 0 Å². The number of anilines is 1. The zero-order chi connectivity index (χ0) is 12.3. The summed E-state index contributed by atoms with van der Waals surface area (Å²) in [5.41, 5.74) is 4.57. The predicted molar refractivity (Wildman–Crippen MR) is 53.6 cm³/mol. The van der Waals surface area contributed by atoms with Gasteiger partial charge >= 0.3 is 5.97 Å². The molecule has 0 amide bonds. The Bertz CT molecular complexity index is 504. The lowest BCUT2D eigenvalue weighted by molar-refractivity contribution is -0.385. The van der Waals surface area contributed by atoms with Crippen LogP contribution in [0.2, 0.25) is 0 Å². The second-order valence-corrected chi connectivity index (χ2v) is 2.97. The Balaban J connectivity index is 3.49. The average molecular weight is 221 g/mol. The number of carboxylic acid groups (broad SMARTS) is 1. The zero-order valence-electron chi connectivity index (χ0n) is 8.01. The molecule has 0 saturated carbocycles. The number of nitro groups is 1. The molecule has 0 fully saturated rings. The normalized spacial score (nSPS) is 9.44. The lowest BCUT2D eigenvalue weighted by Crippen LogP contribution is -2.08. The predicted octanol–water partition coefficient (Wildman–Crippen LogP) is 0.676. The molecule has 16 heavy (non-hydrogen) atoms. The first-order valence-corrected chi connectivity index (χ1v) is 4.15. The first-order valence-electron chi connectivity index (χ1n) is 4.15. The molecule has 7 heteroatoms.